The van der Waals surface area contributed by atoms with Gasteiger partial charge in [-0.1, -0.05) is 91.0 Å². The number of hydrogen-bond donors (Lipinski definition) is 0. The van der Waals surface area contributed by atoms with Gasteiger partial charge in [0.1, 0.15) is 11.5 Å². The molecule has 3 heterocycles. The summed E-state index contributed by atoms with van der Waals surface area (Å²) in [6.45, 7) is 0. The van der Waals surface area contributed by atoms with Crippen molar-refractivity contribution in [3.05, 3.63) is 168 Å². The molecule has 1 aliphatic heterocycles. The molecule has 2 aliphatic rings. The number of aromatic nitrogens is 2. The second kappa shape index (κ2) is 9.12. The summed E-state index contributed by atoms with van der Waals surface area (Å²) in [4.78, 5) is 0. The van der Waals surface area contributed by atoms with Crippen LogP contribution < -0.4 is 4.74 Å². The Morgan fingerprint density at radius 2 is 0.957 bits per heavy atom. The monoisotopic (exact) mass is 590 g/mol. The highest BCUT2D eigenvalue weighted by atomic mass is 16.5. The highest BCUT2D eigenvalue weighted by molar-refractivity contribution is 5.93. The van der Waals surface area contributed by atoms with Crippen LogP contribution in [0.15, 0.2) is 146 Å². The number of hydrogen-bond acceptors (Lipinski definition) is 1. The van der Waals surface area contributed by atoms with E-state index in [0.29, 0.717) is 0 Å². The van der Waals surface area contributed by atoms with E-state index in [1.165, 1.54) is 77.7 Å². The van der Waals surface area contributed by atoms with E-state index in [2.05, 4.69) is 169 Å². The van der Waals surface area contributed by atoms with Gasteiger partial charge >= 0.3 is 0 Å². The lowest BCUT2D eigenvalue weighted by Crippen LogP contribution is -2.32. The smallest absolute Gasteiger partial charge is 0.132 e. The van der Waals surface area contributed by atoms with Crippen LogP contribution in [0, 0.1) is 0 Å². The summed E-state index contributed by atoms with van der Waals surface area (Å²) in [5, 5.41) is 2.49. The molecule has 0 radical (unpaired) electrons. The molecule has 0 N–H and O–H groups in total. The normalized spacial score (nSPS) is 15.9. The van der Waals surface area contributed by atoms with Crippen LogP contribution in [0.4, 0.5) is 0 Å². The van der Waals surface area contributed by atoms with Gasteiger partial charge in [-0.05, 0) is 88.0 Å². The first-order chi connectivity index (χ1) is 22.6. The molecule has 1 aliphatic carbocycles. The molecule has 6 aromatic carbocycles. The molecule has 3 nitrogen and oxygen atoms in total. The number of ether oxygens (including phenoxy) is 1. The number of aryl methyl sites for hydroxylation is 2. The Hall–Kier alpha value is -5.80. The van der Waals surface area contributed by atoms with Crippen LogP contribution >= 0.6 is 0 Å². The van der Waals surface area contributed by atoms with E-state index in [0.717, 1.165) is 11.5 Å². The van der Waals surface area contributed by atoms with Gasteiger partial charge in [-0.15, -0.1) is 0 Å². The minimum absolute atomic E-state index is 0.544. The Kier molecular flexibility index (Phi) is 5.06. The van der Waals surface area contributed by atoms with Crippen LogP contribution in [-0.4, -0.2) is 9.13 Å². The van der Waals surface area contributed by atoms with E-state index in [9.17, 15) is 0 Å². The molecule has 0 amide bonds. The topological polar surface area (TPSA) is 19.1 Å². The molecular weight excluding hydrogens is 560 g/mol. The molecule has 0 bridgehead atoms. The third kappa shape index (κ3) is 3.22. The standard InChI is InChI=1S/C43H30N2O/c1-44-37-16-8-3-11-27(37)25-39(44)29-19-21-32-31-13-5-6-14-33(31)43(35(32)23-29)34-15-7-10-18-41(34)46-42-22-20-30(24-36(42)43)40-26-28-12-4-9-17-38(28)45(40)2/h3-26H,1-2H3. The molecule has 1 unspecified atom stereocenters. The molecule has 3 heteroatoms. The zero-order chi connectivity index (χ0) is 30.6. The second-order valence-corrected chi connectivity index (χ2v) is 12.7. The highest BCUT2D eigenvalue weighted by Crippen LogP contribution is 2.62. The van der Waals surface area contributed by atoms with Crippen LogP contribution in [0.5, 0.6) is 11.5 Å². The molecule has 218 valence electrons. The Bertz CT molecular complexity index is 2550. The summed E-state index contributed by atoms with van der Waals surface area (Å²) >= 11 is 0. The van der Waals surface area contributed by atoms with Gasteiger partial charge in [0, 0.05) is 58.4 Å². The average molecular weight is 591 g/mol. The number of fused-ring (bicyclic) bond motifs is 11. The van der Waals surface area contributed by atoms with Crippen molar-refractivity contribution >= 4 is 21.8 Å². The summed E-state index contributed by atoms with van der Waals surface area (Å²) in [6, 6.07) is 53.2. The van der Waals surface area contributed by atoms with Gasteiger partial charge < -0.3 is 13.9 Å². The van der Waals surface area contributed by atoms with Crippen molar-refractivity contribution in [1.82, 2.24) is 9.13 Å². The van der Waals surface area contributed by atoms with Crippen molar-refractivity contribution in [2.45, 2.75) is 5.41 Å². The summed E-state index contributed by atoms with van der Waals surface area (Å²) in [5.74, 6) is 1.81. The maximum absolute atomic E-state index is 6.74. The van der Waals surface area contributed by atoms with Crippen LogP contribution in [0.1, 0.15) is 22.3 Å². The van der Waals surface area contributed by atoms with E-state index in [1.807, 2.05) is 0 Å². The predicted octanol–water partition coefficient (Wildman–Crippen LogP) is 10.5. The van der Waals surface area contributed by atoms with Gasteiger partial charge in [-0.3, -0.25) is 0 Å². The van der Waals surface area contributed by atoms with Gasteiger partial charge in [-0.2, -0.15) is 0 Å². The van der Waals surface area contributed by atoms with Gasteiger partial charge in [0.25, 0.3) is 0 Å². The average Bonchev–Trinajstić information content (AvgIpc) is 3.73. The predicted molar refractivity (Wildman–Crippen MR) is 188 cm³/mol. The first-order valence-electron chi connectivity index (χ1n) is 15.9. The zero-order valence-electron chi connectivity index (χ0n) is 25.7. The van der Waals surface area contributed by atoms with E-state index >= 15 is 0 Å². The van der Waals surface area contributed by atoms with Crippen LogP contribution in [0.2, 0.25) is 0 Å². The highest BCUT2D eigenvalue weighted by Gasteiger charge is 2.51. The lowest BCUT2D eigenvalue weighted by atomic mass is 9.65. The van der Waals surface area contributed by atoms with Crippen molar-refractivity contribution in [2.24, 2.45) is 14.1 Å². The third-order valence-electron chi connectivity index (χ3n) is 10.4. The van der Waals surface area contributed by atoms with Crippen LogP contribution in [-0.2, 0) is 19.5 Å². The molecule has 0 saturated heterocycles. The van der Waals surface area contributed by atoms with E-state index in [4.69, 9.17) is 4.74 Å². The van der Waals surface area contributed by atoms with E-state index in [1.54, 1.807) is 0 Å². The quantitative estimate of drug-likeness (QED) is 0.196. The molecule has 0 fully saturated rings. The van der Waals surface area contributed by atoms with Crippen molar-refractivity contribution in [2.75, 3.05) is 0 Å². The second-order valence-electron chi connectivity index (χ2n) is 12.7. The summed E-state index contributed by atoms with van der Waals surface area (Å²) in [7, 11) is 4.33. The fraction of sp³-hybridized carbons (Fsp3) is 0.0698. The Morgan fingerprint density at radius 3 is 1.65 bits per heavy atom. The largest absolute Gasteiger partial charge is 0.457 e. The first kappa shape index (κ1) is 25.5. The number of rotatable bonds is 2. The van der Waals surface area contributed by atoms with Crippen molar-refractivity contribution in [3.8, 4) is 45.1 Å². The maximum Gasteiger partial charge on any atom is 0.132 e. The van der Waals surface area contributed by atoms with Crippen LogP contribution in [0.3, 0.4) is 0 Å². The van der Waals surface area contributed by atoms with Crippen LogP contribution in [0.25, 0.3) is 55.4 Å². The van der Waals surface area contributed by atoms with Gasteiger partial charge in [0.2, 0.25) is 0 Å². The Labute approximate surface area is 267 Å². The van der Waals surface area contributed by atoms with Gasteiger partial charge in [-0.25, -0.2) is 0 Å². The summed E-state index contributed by atoms with van der Waals surface area (Å²) in [5.41, 5.74) is 14.2. The molecule has 10 rings (SSSR count). The van der Waals surface area contributed by atoms with Crippen molar-refractivity contribution in [1.29, 1.82) is 0 Å². The van der Waals surface area contributed by atoms with Crippen molar-refractivity contribution in [3.63, 3.8) is 0 Å². The summed E-state index contributed by atoms with van der Waals surface area (Å²) in [6.07, 6.45) is 0. The first-order valence-corrected chi connectivity index (χ1v) is 15.9. The number of nitrogens with zero attached hydrogens (tertiary/aromatic N) is 2. The SMILES string of the molecule is Cn1c(-c2ccc3c(c2)C2(c4ccccc4O3)c3ccccc3-c3ccc(-c4cc5ccccc5n4C)cc32)cc2ccccc21. The zero-order valence-corrected chi connectivity index (χ0v) is 25.7. The maximum atomic E-state index is 6.74. The Morgan fingerprint density at radius 1 is 0.435 bits per heavy atom. The van der Waals surface area contributed by atoms with Gasteiger partial charge in [0.05, 0.1) is 5.41 Å². The third-order valence-corrected chi connectivity index (χ3v) is 10.4. The fourth-order valence-corrected chi connectivity index (χ4v) is 8.35. The fourth-order valence-electron chi connectivity index (χ4n) is 8.35. The number of benzene rings is 6. The minimum Gasteiger partial charge on any atom is -0.457 e. The summed E-state index contributed by atoms with van der Waals surface area (Å²) < 4.78 is 11.4. The lowest BCUT2D eigenvalue weighted by Gasteiger charge is -2.39. The molecule has 1 atom stereocenters. The molecule has 46 heavy (non-hydrogen) atoms. The minimum atomic E-state index is -0.544. The molecular formula is C43H30N2O. The molecule has 2 aromatic heterocycles. The molecule has 0 saturated carbocycles. The molecule has 1 spiro atoms. The van der Waals surface area contributed by atoms with Crippen molar-refractivity contribution < 1.29 is 4.74 Å². The van der Waals surface area contributed by atoms with E-state index < -0.39 is 5.41 Å². The number of para-hydroxylation sites is 3. The lowest BCUT2D eigenvalue weighted by molar-refractivity contribution is 0.436. The van der Waals surface area contributed by atoms with Gasteiger partial charge in [0.15, 0.2) is 0 Å². The Balaban J connectivity index is 1.29. The molecule has 8 aromatic rings. The van der Waals surface area contributed by atoms with E-state index in [-0.39, 0.29) is 0 Å².